The first-order chi connectivity index (χ1) is 14.5. The summed E-state index contributed by atoms with van der Waals surface area (Å²) in [5.41, 5.74) is 4.27. The Morgan fingerprint density at radius 1 is 1.13 bits per heavy atom. The fraction of sp³-hybridized carbons (Fsp3) is 0.522. The molecule has 1 amide bonds. The molecule has 0 bridgehead atoms. The molecule has 2 aliphatic rings. The molecular formula is C23H30N4O3. The molecule has 30 heavy (non-hydrogen) atoms. The molecule has 1 aromatic heterocycles. The zero-order chi connectivity index (χ0) is 21.1. The predicted octanol–water partition coefficient (Wildman–Crippen LogP) is 2.36. The number of aliphatic hydroxyl groups excluding tert-OH is 1. The van der Waals surface area contributed by atoms with Gasteiger partial charge in [-0.3, -0.25) is 4.79 Å². The summed E-state index contributed by atoms with van der Waals surface area (Å²) >= 11 is 0. The number of aromatic nitrogens is 2. The van der Waals surface area contributed by atoms with Crippen molar-refractivity contribution in [1.29, 1.82) is 0 Å². The monoisotopic (exact) mass is 410 g/mol. The molecule has 0 atom stereocenters. The first-order valence-electron chi connectivity index (χ1n) is 10.7. The highest BCUT2D eigenvalue weighted by molar-refractivity contribution is 5.95. The fourth-order valence-corrected chi connectivity index (χ4v) is 3.92. The highest BCUT2D eigenvalue weighted by Crippen LogP contribution is 2.31. The number of aryl methyl sites for hydroxylation is 1. The summed E-state index contributed by atoms with van der Waals surface area (Å²) in [5, 5.41) is 12.2. The molecule has 2 N–H and O–H groups in total. The summed E-state index contributed by atoms with van der Waals surface area (Å²) in [6.07, 6.45) is 4.28. The van der Waals surface area contributed by atoms with E-state index in [0.717, 1.165) is 61.7 Å². The lowest BCUT2D eigenvalue weighted by atomic mass is 9.92. The van der Waals surface area contributed by atoms with Crippen LogP contribution in [0.15, 0.2) is 24.3 Å². The number of fused-ring (bicyclic) bond motifs is 1. The first kappa shape index (κ1) is 20.8. The Hall–Kier alpha value is -2.51. The minimum absolute atomic E-state index is 0.117. The molecule has 0 radical (unpaired) electrons. The van der Waals surface area contributed by atoms with Gasteiger partial charge in [-0.1, -0.05) is 12.1 Å². The van der Waals surface area contributed by atoms with Crippen LogP contribution >= 0.6 is 0 Å². The van der Waals surface area contributed by atoms with Gasteiger partial charge >= 0.3 is 0 Å². The van der Waals surface area contributed by atoms with Crippen LogP contribution in [0.4, 0.5) is 5.95 Å². The summed E-state index contributed by atoms with van der Waals surface area (Å²) in [6, 6.07) is 7.57. The Morgan fingerprint density at radius 2 is 1.83 bits per heavy atom. The lowest BCUT2D eigenvalue weighted by Gasteiger charge is -2.29. The Kier molecular flexibility index (Phi) is 6.01. The van der Waals surface area contributed by atoms with Gasteiger partial charge in [-0.25, -0.2) is 9.97 Å². The van der Waals surface area contributed by atoms with E-state index in [0.29, 0.717) is 18.8 Å². The van der Waals surface area contributed by atoms with Gasteiger partial charge in [-0.2, -0.15) is 0 Å². The summed E-state index contributed by atoms with van der Waals surface area (Å²) in [4.78, 5) is 24.5. The van der Waals surface area contributed by atoms with Crippen molar-refractivity contribution >= 4 is 11.9 Å². The summed E-state index contributed by atoms with van der Waals surface area (Å²) in [5.74, 6) is 0.583. The number of anilines is 1. The molecule has 1 fully saturated rings. The molecule has 7 nitrogen and oxygen atoms in total. The minimum atomic E-state index is -0.658. The molecular weight excluding hydrogens is 380 g/mol. The van der Waals surface area contributed by atoms with Gasteiger partial charge in [0.15, 0.2) is 0 Å². The lowest BCUT2D eigenvalue weighted by Crippen LogP contribution is -2.46. The molecule has 160 valence electrons. The van der Waals surface area contributed by atoms with Crippen LogP contribution in [0.2, 0.25) is 0 Å². The quantitative estimate of drug-likeness (QED) is 0.787. The predicted molar refractivity (Wildman–Crippen MR) is 116 cm³/mol. The molecule has 2 heterocycles. The van der Waals surface area contributed by atoms with Gasteiger partial charge in [-0.15, -0.1) is 0 Å². The van der Waals surface area contributed by atoms with Crippen LogP contribution in [0, 0.1) is 0 Å². The van der Waals surface area contributed by atoms with Gasteiger partial charge in [0.05, 0.1) is 31.1 Å². The van der Waals surface area contributed by atoms with Crippen LogP contribution in [0.3, 0.4) is 0 Å². The van der Waals surface area contributed by atoms with E-state index in [9.17, 15) is 9.90 Å². The number of ether oxygens (including phenoxy) is 1. The van der Waals surface area contributed by atoms with E-state index >= 15 is 0 Å². The summed E-state index contributed by atoms with van der Waals surface area (Å²) < 4.78 is 5.48. The van der Waals surface area contributed by atoms with E-state index in [4.69, 9.17) is 14.7 Å². The highest BCUT2D eigenvalue weighted by atomic mass is 16.5. The lowest BCUT2D eigenvalue weighted by molar-refractivity contribution is 0.0869. The number of hydrogen-bond acceptors (Lipinski definition) is 6. The van der Waals surface area contributed by atoms with Gasteiger partial charge in [0.25, 0.3) is 5.91 Å². The second-order valence-electron chi connectivity index (χ2n) is 8.68. The number of morpholine rings is 1. The molecule has 0 saturated carbocycles. The van der Waals surface area contributed by atoms with Crippen molar-refractivity contribution < 1.29 is 14.6 Å². The van der Waals surface area contributed by atoms with Crippen molar-refractivity contribution in [2.45, 2.75) is 45.1 Å². The number of amides is 1. The molecule has 7 heteroatoms. The first-order valence-corrected chi connectivity index (χ1v) is 10.7. The van der Waals surface area contributed by atoms with Crippen molar-refractivity contribution in [3.8, 4) is 11.3 Å². The number of carbonyl (C=O) groups excluding carboxylic acids is 1. The average molecular weight is 411 g/mol. The molecule has 0 unspecified atom stereocenters. The maximum Gasteiger partial charge on any atom is 0.251 e. The second kappa shape index (κ2) is 8.70. The van der Waals surface area contributed by atoms with E-state index in [1.165, 1.54) is 5.56 Å². The number of rotatable bonds is 5. The van der Waals surface area contributed by atoms with E-state index in [2.05, 4.69) is 10.2 Å². The third-order valence-corrected chi connectivity index (χ3v) is 5.73. The summed E-state index contributed by atoms with van der Waals surface area (Å²) in [7, 11) is 0. The third kappa shape index (κ3) is 4.47. The van der Waals surface area contributed by atoms with Crippen molar-refractivity contribution in [3.05, 3.63) is 41.1 Å². The number of hydrogen-bond donors (Lipinski definition) is 2. The number of nitrogens with one attached hydrogen (secondary N) is 1. The van der Waals surface area contributed by atoms with E-state index < -0.39 is 5.54 Å². The number of carbonyl (C=O) groups is 1. The zero-order valence-electron chi connectivity index (χ0n) is 17.8. The van der Waals surface area contributed by atoms with Gasteiger partial charge in [0, 0.05) is 35.5 Å². The Bertz CT molecular complexity index is 905. The van der Waals surface area contributed by atoms with Crippen LogP contribution in [-0.2, 0) is 17.6 Å². The van der Waals surface area contributed by atoms with Gasteiger partial charge < -0.3 is 20.1 Å². The average Bonchev–Trinajstić information content (AvgIpc) is 2.79. The maximum absolute atomic E-state index is 12.5. The molecule has 1 aromatic carbocycles. The molecule has 4 rings (SSSR count). The topological polar surface area (TPSA) is 87.6 Å². The molecule has 1 aliphatic heterocycles. The standard InChI is InChI=1S/C23H30N4O3/c1-23(2,15-28)26-21(29)17-9-7-16(8-10-17)20-18-5-3-4-6-19(18)24-22(25-20)27-11-13-30-14-12-27/h7-10,28H,3-6,11-15H2,1-2H3,(H,26,29). The molecule has 1 aliphatic carbocycles. The van der Waals surface area contributed by atoms with Gasteiger partial charge in [0.2, 0.25) is 5.95 Å². The third-order valence-electron chi connectivity index (χ3n) is 5.73. The maximum atomic E-state index is 12.5. The normalized spacial score (nSPS) is 16.8. The van der Waals surface area contributed by atoms with Crippen LogP contribution in [0.25, 0.3) is 11.3 Å². The van der Waals surface area contributed by atoms with Crippen molar-refractivity contribution in [1.82, 2.24) is 15.3 Å². The van der Waals surface area contributed by atoms with Crippen LogP contribution in [-0.4, -0.2) is 59.4 Å². The molecule has 2 aromatic rings. The SMILES string of the molecule is CC(C)(CO)NC(=O)c1ccc(-c2nc(N3CCOCC3)nc3c2CCCC3)cc1. The number of nitrogens with zero attached hydrogens (tertiary/aromatic N) is 3. The van der Waals surface area contributed by atoms with Gasteiger partial charge in [-0.05, 0) is 51.7 Å². The Morgan fingerprint density at radius 3 is 2.53 bits per heavy atom. The van der Waals surface area contributed by atoms with Crippen LogP contribution < -0.4 is 10.2 Å². The largest absolute Gasteiger partial charge is 0.394 e. The zero-order valence-corrected chi connectivity index (χ0v) is 17.8. The van der Waals surface area contributed by atoms with Crippen molar-refractivity contribution in [3.63, 3.8) is 0 Å². The van der Waals surface area contributed by atoms with Gasteiger partial charge in [0.1, 0.15) is 0 Å². The molecule has 0 spiro atoms. The number of aliphatic hydroxyl groups is 1. The number of benzene rings is 1. The van der Waals surface area contributed by atoms with Crippen LogP contribution in [0.1, 0.15) is 48.3 Å². The summed E-state index contributed by atoms with van der Waals surface area (Å²) in [6.45, 7) is 6.47. The van der Waals surface area contributed by atoms with Crippen molar-refractivity contribution in [2.24, 2.45) is 0 Å². The Labute approximate surface area is 177 Å². The van der Waals surface area contributed by atoms with E-state index in [1.54, 1.807) is 13.8 Å². The highest BCUT2D eigenvalue weighted by Gasteiger charge is 2.23. The van der Waals surface area contributed by atoms with Crippen molar-refractivity contribution in [2.75, 3.05) is 37.8 Å². The Balaban J connectivity index is 1.65. The minimum Gasteiger partial charge on any atom is -0.394 e. The smallest absolute Gasteiger partial charge is 0.251 e. The van der Waals surface area contributed by atoms with Crippen LogP contribution in [0.5, 0.6) is 0 Å². The fourth-order valence-electron chi connectivity index (χ4n) is 3.92. The van der Waals surface area contributed by atoms with E-state index in [1.807, 2.05) is 24.3 Å². The molecule has 1 saturated heterocycles. The second-order valence-corrected chi connectivity index (χ2v) is 8.68. The van der Waals surface area contributed by atoms with E-state index in [-0.39, 0.29) is 12.5 Å².